The summed E-state index contributed by atoms with van der Waals surface area (Å²) in [6, 6.07) is 5.71. The Labute approximate surface area is 176 Å². The molecule has 28 heavy (non-hydrogen) atoms. The summed E-state index contributed by atoms with van der Waals surface area (Å²) in [6.07, 6.45) is 0. The van der Waals surface area contributed by atoms with Crippen LogP contribution >= 0.6 is 34.8 Å². The summed E-state index contributed by atoms with van der Waals surface area (Å²) in [5, 5.41) is 3.09. The third-order valence-electron chi connectivity index (χ3n) is 3.53. The number of amides is 1. The Morgan fingerprint density at radius 2 is 1.39 bits per heavy atom. The summed E-state index contributed by atoms with van der Waals surface area (Å²) >= 11 is 17.8. The zero-order valence-corrected chi connectivity index (χ0v) is 17.4. The number of carbonyl (C=O) groups excluding carboxylic acids is 2. The first-order chi connectivity index (χ1) is 13.3. The van der Waals surface area contributed by atoms with Crippen molar-refractivity contribution in [2.45, 2.75) is 0 Å². The standard InChI is InChI=1S/C18H16Cl3NO6/c1-25-13-7-15(27-3)14(26-2)6-10(13)18(24)28-8-16(23)22-17-11(20)4-9(19)5-12(17)21/h4-7H,8H2,1-3H3,(H,22,23). The molecule has 2 aromatic rings. The van der Waals surface area contributed by atoms with E-state index in [9.17, 15) is 9.59 Å². The van der Waals surface area contributed by atoms with Gasteiger partial charge in [-0.3, -0.25) is 4.79 Å². The lowest BCUT2D eigenvalue weighted by Gasteiger charge is -2.14. The normalized spacial score (nSPS) is 10.2. The lowest BCUT2D eigenvalue weighted by atomic mass is 10.1. The molecule has 0 saturated heterocycles. The number of methoxy groups -OCH3 is 3. The summed E-state index contributed by atoms with van der Waals surface area (Å²) < 4.78 is 20.5. The topological polar surface area (TPSA) is 83.1 Å². The van der Waals surface area contributed by atoms with Gasteiger partial charge < -0.3 is 24.3 Å². The minimum absolute atomic E-state index is 0.0653. The van der Waals surface area contributed by atoms with Gasteiger partial charge in [-0.2, -0.15) is 0 Å². The van der Waals surface area contributed by atoms with Gasteiger partial charge in [0.2, 0.25) is 0 Å². The van der Waals surface area contributed by atoms with Crippen molar-refractivity contribution in [3.05, 3.63) is 44.9 Å². The average molecular weight is 449 g/mol. The summed E-state index contributed by atoms with van der Waals surface area (Å²) in [7, 11) is 4.26. The Morgan fingerprint density at radius 3 is 1.93 bits per heavy atom. The van der Waals surface area contributed by atoms with E-state index < -0.39 is 18.5 Å². The first-order valence-electron chi connectivity index (χ1n) is 7.72. The van der Waals surface area contributed by atoms with Gasteiger partial charge in [-0.1, -0.05) is 34.8 Å². The van der Waals surface area contributed by atoms with Crippen LogP contribution in [-0.2, 0) is 9.53 Å². The second-order valence-electron chi connectivity index (χ2n) is 5.28. The third-order valence-corrected chi connectivity index (χ3v) is 4.35. The van der Waals surface area contributed by atoms with E-state index in [0.29, 0.717) is 16.5 Å². The lowest BCUT2D eigenvalue weighted by Crippen LogP contribution is -2.21. The molecule has 0 atom stereocenters. The molecule has 7 nitrogen and oxygen atoms in total. The van der Waals surface area contributed by atoms with Crippen LogP contribution in [0.4, 0.5) is 5.69 Å². The van der Waals surface area contributed by atoms with E-state index >= 15 is 0 Å². The Hall–Kier alpha value is -2.35. The van der Waals surface area contributed by atoms with Crippen molar-refractivity contribution < 1.29 is 28.5 Å². The highest BCUT2D eigenvalue weighted by molar-refractivity contribution is 6.42. The maximum Gasteiger partial charge on any atom is 0.342 e. The van der Waals surface area contributed by atoms with Crippen LogP contribution in [0.15, 0.2) is 24.3 Å². The fraction of sp³-hybridized carbons (Fsp3) is 0.222. The highest BCUT2D eigenvalue weighted by Gasteiger charge is 2.20. The molecule has 0 aliphatic carbocycles. The monoisotopic (exact) mass is 447 g/mol. The smallest absolute Gasteiger partial charge is 0.342 e. The van der Waals surface area contributed by atoms with E-state index in [-0.39, 0.29) is 27.0 Å². The first-order valence-corrected chi connectivity index (χ1v) is 8.85. The number of anilines is 1. The SMILES string of the molecule is COc1cc(OC)c(C(=O)OCC(=O)Nc2c(Cl)cc(Cl)cc2Cl)cc1OC. The van der Waals surface area contributed by atoms with Crippen LogP contribution in [0.3, 0.4) is 0 Å². The molecule has 0 bridgehead atoms. The van der Waals surface area contributed by atoms with Crippen molar-refractivity contribution in [3.63, 3.8) is 0 Å². The minimum Gasteiger partial charge on any atom is -0.496 e. The number of nitrogens with one attached hydrogen (secondary N) is 1. The fourth-order valence-corrected chi connectivity index (χ4v) is 3.15. The molecule has 2 aromatic carbocycles. The number of carbonyl (C=O) groups is 2. The molecule has 0 fully saturated rings. The van der Waals surface area contributed by atoms with Gasteiger partial charge in [0.25, 0.3) is 5.91 Å². The average Bonchev–Trinajstić information content (AvgIpc) is 2.67. The molecule has 10 heteroatoms. The lowest BCUT2D eigenvalue weighted by molar-refractivity contribution is -0.119. The predicted octanol–water partition coefficient (Wildman–Crippen LogP) is 4.47. The largest absolute Gasteiger partial charge is 0.496 e. The summed E-state index contributed by atoms with van der Waals surface area (Å²) in [5.74, 6) is -0.549. The molecule has 0 heterocycles. The summed E-state index contributed by atoms with van der Waals surface area (Å²) in [4.78, 5) is 24.5. The van der Waals surface area contributed by atoms with Crippen LogP contribution in [0.25, 0.3) is 0 Å². The molecular formula is C18H16Cl3NO6. The van der Waals surface area contributed by atoms with E-state index in [1.165, 1.54) is 45.6 Å². The summed E-state index contributed by atoms with van der Waals surface area (Å²) in [6.45, 7) is -0.578. The zero-order valence-electron chi connectivity index (χ0n) is 15.1. The minimum atomic E-state index is -0.791. The Kier molecular flexibility index (Phi) is 7.62. The van der Waals surface area contributed by atoms with Gasteiger partial charge in [0.1, 0.15) is 11.3 Å². The van der Waals surface area contributed by atoms with Crippen molar-refractivity contribution >= 4 is 52.4 Å². The van der Waals surface area contributed by atoms with Gasteiger partial charge in [0.05, 0.1) is 37.1 Å². The van der Waals surface area contributed by atoms with Crippen LogP contribution in [0.2, 0.25) is 15.1 Å². The second kappa shape index (κ2) is 9.73. The molecule has 0 radical (unpaired) electrons. The van der Waals surface area contributed by atoms with Crippen molar-refractivity contribution in [2.24, 2.45) is 0 Å². The highest BCUT2D eigenvalue weighted by atomic mass is 35.5. The van der Waals surface area contributed by atoms with Gasteiger partial charge in [-0.05, 0) is 12.1 Å². The molecule has 2 rings (SSSR count). The molecule has 1 amide bonds. The van der Waals surface area contributed by atoms with E-state index in [1.54, 1.807) is 0 Å². The Bertz CT molecular complexity index is 880. The van der Waals surface area contributed by atoms with Gasteiger partial charge in [-0.15, -0.1) is 0 Å². The van der Waals surface area contributed by atoms with E-state index in [4.69, 9.17) is 53.8 Å². The van der Waals surface area contributed by atoms with E-state index in [0.717, 1.165) is 0 Å². The molecule has 1 N–H and O–H groups in total. The third kappa shape index (κ3) is 5.13. The zero-order chi connectivity index (χ0) is 20.8. The molecule has 0 aliphatic rings. The number of halogens is 3. The van der Waals surface area contributed by atoms with Crippen LogP contribution in [0, 0.1) is 0 Å². The number of hydrogen-bond acceptors (Lipinski definition) is 6. The van der Waals surface area contributed by atoms with Gasteiger partial charge in [-0.25, -0.2) is 4.79 Å². The van der Waals surface area contributed by atoms with Crippen LogP contribution in [0.1, 0.15) is 10.4 Å². The van der Waals surface area contributed by atoms with E-state index in [1.807, 2.05) is 0 Å². The van der Waals surface area contributed by atoms with Gasteiger partial charge in [0, 0.05) is 17.2 Å². The first kappa shape index (κ1) is 21.9. The molecule has 150 valence electrons. The van der Waals surface area contributed by atoms with Crippen LogP contribution in [0.5, 0.6) is 17.2 Å². The Morgan fingerprint density at radius 1 is 0.857 bits per heavy atom. The molecular weight excluding hydrogens is 433 g/mol. The van der Waals surface area contributed by atoms with Gasteiger partial charge in [0.15, 0.2) is 18.1 Å². The quantitative estimate of drug-likeness (QED) is 0.629. The molecule has 0 aliphatic heterocycles. The van der Waals surface area contributed by atoms with Crippen molar-refractivity contribution in [1.82, 2.24) is 0 Å². The van der Waals surface area contributed by atoms with Crippen molar-refractivity contribution in [3.8, 4) is 17.2 Å². The van der Waals surface area contributed by atoms with Crippen molar-refractivity contribution in [2.75, 3.05) is 33.3 Å². The fourth-order valence-electron chi connectivity index (χ4n) is 2.23. The maximum atomic E-state index is 12.4. The van der Waals surface area contributed by atoms with Crippen molar-refractivity contribution in [1.29, 1.82) is 0 Å². The molecule has 0 saturated carbocycles. The Balaban J connectivity index is 2.11. The molecule has 0 aromatic heterocycles. The van der Waals surface area contributed by atoms with Crippen LogP contribution < -0.4 is 19.5 Å². The van der Waals surface area contributed by atoms with Crippen LogP contribution in [-0.4, -0.2) is 39.8 Å². The van der Waals surface area contributed by atoms with E-state index in [2.05, 4.69) is 5.32 Å². The molecule has 0 spiro atoms. The number of esters is 1. The molecule has 0 unspecified atom stereocenters. The number of benzene rings is 2. The summed E-state index contributed by atoms with van der Waals surface area (Å²) in [5.41, 5.74) is 0.230. The highest BCUT2D eigenvalue weighted by Crippen LogP contribution is 2.35. The number of ether oxygens (including phenoxy) is 4. The number of rotatable bonds is 7. The second-order valence-corrected chi connectivity index (χ2v) is 6.53. The predicted molar refractivity (Wildman–Crippen MR) is 106 cm³/mol. The van der Waals surface area contributed by atoms with Gasteiger partial charge >= 0.3 is 5.97 Å². The maximum absolute atomic E-state index is 12.4. The number of hydrogen-bond donors (Lipinski definition) is 1.